The van der Waals surface area contributed by atoms with Crippen LogP contribution in [-0.2, 0) is 4.79 Å². The van der Waals surface area contributed by atoms with Crippen molar-refractivity contribution >= 4 is 23.6 Å². The van der Waals surface area contributed by atoms with Gasteiger partial charge in [-0.05, 0) is 77.8 Å². The van der Waals surface area contributed by atoms with Gasteiger partial charge in [0.25, 0.3) is 0 Å². The summed E-state index contributed by atoms with van der Waals surface area (Å²) in [7, 11) is 0. The Labute approximate surface area is 163 Å². The number of carbonyl (C=O) groups is 1. The normalized spacial score (nSPS) is 25.4. The van der Waals surface area contributed by atoms with Gasteiger partial charge in [-0.2, -0.15) is 11.8 Å². The molecule has 4 N–H and O–H groups in total. The molecule has 0 spiro atoms. The number of piperidine rings is 1. The van der Waals surface area contributed by atoms with Gasteiger partial charge in [-0.25, -0.2) is 0 Å². The fourth-order valence-corrected chi connectivity index (χ4v) is 4.67. The van der Waals surface area contributed by atoms with E-state index in [0.29, 0.717) is 6.04 Å². The monoisotopic (exact) mass is 383 g/mol. The molecule has 1 saturated carbocycles. The zero-order valence-corrected chi connectivity index (χ0v) is 17.3. The maximum absolute atomic E-state index is 11.2. The van der Waals surface area contributed by atoms with Crippen LogP contribution in [0.5, 0.6) is 0 Å². The van der Waals surface area contributed by atoms with Gasteiger partial charge in [0.1, 0.15) is 0 Å². The van der Waals surface area contributed by atoms with Gasteiger partial charge in [0, 0.05) is 30.3 Å². The molecule has 1 heterocycles. The van der Waals surface area contributed by atoms with Crippen molar-refractivity contribution in [2.24, 2.45) is 16.6 Å². The average molecular weight is 384 g/mol. The number of amides is 1. The minimum atomic E-state index is -0.131. The van der Waals surface area contributed by atoms with Crippen molar-refractivity contribution in [3.8, 4) is 0 Å². The van der Waals surface area contributed by atoms with Gasteiger partial charge in [0.15, 0.2) is 5.96 Å². The Bertz CT molecular complexity index is 451. The number of guanidine groups is 1. The van der Waals surface area contributed by atoms with Crippen molar-refractivity contribution in [2.75, 3.05) is 39.0 Å². The number of likely N-dealkylation sites (tertiary alicyclic amines) is 1. The highest BCUT2D eigenvalue weighted by atomic mass is 32.2. The Morgan fingerprint density at radius 2 is 2.00 bits per heavy atom. The molecule has 6 nitrogen and oxygen atoms in total. The summed E-state index contributed by atoms with van der Waals surface area (Å²) in [5.41, 5.74) is 5.39. The molecule has 7 heteroatoms. The molecule has 1 aliphatic carbocycles. The average Bonchev–Trinajstić information content (AvgIpc) is 3.09. The van der Waals surface area contributed by atoms with Crippen LogP contribution < -0.4 is 16.4 Å². The molecule has 150 valence electrons. The molecule has 2 atom stereocenters. The number of primary amides is 1. The molecule has 26 heavy (non-hydrogen) atoms. The number of aliphatic imine (C=N–C) groups is 1. The molecule has 2 aliphatic rings. The summed E-state index contributed by atoms with van der Waals surface area (Å²) in [5.74, 6) is 0.931. The quantitative estimate of drug-likeness (QED) is 0.321. The van der Waals surface area contributed by atoms with Gasteiger partial charge in [-0.3, -0.25) is 9.79 Å². The van der Waals surface area contributed by atoms with E-state index in [1.807, 2.05) is 11.8 Å². The number of hydrogen-bond acceptors (Lipinski definition) is 4. The van der Waals surface area contributed by atoms with Crippen LogP contribution in [0.1, 0.15) is 51.9 Å². The summed E-state index contributed by atoms with van der Waals surface area (Å²) in [5, 5.41) is 7.78. The Kier molecular flexibility index (Phi) is 9.61. The molecule has 2 rings (SSSR count). The highest BCUT2D eigenvalue weighted by Crippen LogP contribution is 2.28. The molecule has 0 aromatic carbocycles. The fraction of sp³-hybridized carbons (Fsp3) is 0.895. The van der Waals surface area contributed by atoms with Crippen LogP contribution in [-0.4, -0.2) is 67.0 Å². The molecular formula is C19H37N5OS. The summed E-state index contributed by atoms with van der Waals surface area (Å²) >= 11 is 1.99. The Morgan fingerprint density at radius 3 is 2.62 bits per heavy atom. The van der Waals surface area contributed by atoms with Gasteiger partial charge in [0.05, 0.1) is 0 Å². The number of nitrogens with one attached hydrogen (secondary N) is 2. The minimum absolute atomic E-state index is 0.0888. The van der Waals surface area contributed by atoms with E-state index in [2.05, 4.69) is 28.7 Å². The SMILES string of the molecule is CCNC(=NCCCCN1CCC(C(N)=O)CC1)NC1CCC(SC)C1. The van der Waals surface area contributed by atoms with Gasteiger partial charge >= 0.3 is 0 Å². The first-order chi connectivity index (χ1) is 12.6. The highest BCUT2D eigenvalue weighted by Gasteiger charge is 2.24. The molecular weight excluding hydrogens is 346 g/mol. The first-order valence-corrected chi connectivity index (χ1v) is 11.5. The summed E-state index contributed by atoms with van der Waals surface area (Å²) in [6, 6.07) is 0.566. The summed E-state index contributed by atoms with van der Waals surface area (Å²) < 4.78 is 0. The Hall–Kier alpha value is -0.950. The highest BCUT2D eigenvalue weighted by molar-refractivity contribution is 7.99. The molecule has 2 unspecified atom stereocenters. The van der Waals surface area contributed by atoms with E-state index < -0.39 is 0 Å². The molecule has 0 radical (unpaired) electrons. The minimum Gasteiger partial charge on any atom is -0.369 e. The number of carbonyl (C=O) groups excluding carboxylic acids is 1. The van der Waals surface area contributed by atoms with Crippen LogP contribution in [0, 0.1) is 5.92 Å². The summed E-state index contributed by atoms with van der Waals surface area (Å²) in [6.45, 7) is 6.99. The molecule has 1 aliphatic heterocycles. The van der Waals surface area contributed by atoms with E-state index in [4.69, 9.17) is 10.7 Å². The van der Waals surface area contributed by atoms with Gasteiger partial charge < -0.3 is 21.3 Å². The van der Waals surface area contributed by atoms with Crippen LogP contribution in [0.3, 0.4) is 0 Å². The van der Waals surface area contributed by atoms with E-state index in [1.165, 1.54) is 19.3 Å². The van der Waals surface area contributed by atoms with Crippen molar-refractivity contribution in [3.63, 3.8) is 0 Å². The second-order valence-electron chi connectivity index (χ2n) is 7.50. The van der Waals surface area contributed by atoms with Crippen molar-refractivity contribution in [3.05, 3.63) is 0 Å². The second kappa shape index (κ2) is 11.7. The van der Waals surface area contributed by atoms with Crippen LogP contribution in [0.15, 0.2) is 4.99 Å². The van der Waals surface area contributed by atoms with Crippen molar-refractivity contribution in [1.29, 1.82) is 0 Å². The number of hydrogen-bond donors (Lipinski definition) is 3. The third kappa shape index (κ3) is 7.35. The Balaban J connectivity index is 1.61. The zero-order valence-electron chi connectivity index (χ0n) is 16.5. The maximum Gasteiger partial charge on any atom is 0.220 e. The van der Waals surface area contributed by atoms with Gasteiger partial charge in [0.2, 0.25) is 5.91 Å². The predicted molar refractivity (Wildman–Crippen MR) is 112 cm³/mol. The van der Waals surface area contributed by atoms with Crippen LogP contribution >= 0.6 is 11.8 Å². The van der Waals surface area contributed by atoms with Gasteiger partial charge in [-0.15, -0.1) is 0 Å². The number of thioether (sulfide) groups is 1. The standard InChI is InChI=1S/C19H37N5OS/c1-3-21-19(23-16-6-7-17(14-16)26-2)22-10-4-5-11-24-12-8-15(9-13-24)18(20)25/h15-17H,3-14H2,1-2H3,(H2,20,25)(H2,21,22,23). The maximum atomic E-state index is 11.2. The molecule has 1 amide bonds. The molecule has 0 aromatic rings. The number of nitrogens with two attached hydrogens (primary N) is 1. The van der Waals surface area contributed by atoms with E-state index in [0.717, 1.165) is 69.6 Å². The third-order valence-corrected chi connectivity index (χ3v) is 6.64. The van der Waals surface area contributed by atoms with Crippen LogP contribution in [0.4, 0.5) is 0 Å². The van der Waals surface area contributed by atoms with E-state index in [1.54, 1.807) is 0 Å². The molecule has 0 bridgehead atoms. The van der Waals surface area contributed by atoms with E-state index in [9.17, 15) is 4.79 Å². The second-order valence-corrected chi connectivity index (χ2v) is 8.64. The number of unbranched alkanes of at least 4 members (excludes halogenated alkanes) is 1. The molecule has 0 aromatic heterocycles. The fourth-order valence-electron chi connectivity index (χ4n) is 3.88. The predicted octanol–water partition coefficient (Wildman–Crippen LogP) is 1.80. The van der Waals surface area contributed by atoms with Crippen molar-refractivity contribution < 1.29 is 4.79 Å². The van der Waals surface area contributed by atoms with Crippen molar-refractivity contribution in [1.82, 2.24) is 15.5 Å². The zero-order chi connectivity index (χ0) is 18.8. The largest absolute Gasteiger partial charge is 0.369 e. The topological polar surface area (TPSA) is 82.8 Å². The summed E-state index contributed by atoms with van der Waals surface area (Å²) in [4.78, 5) is 18.4. The van der Waals surface area contributed by atoms with E-state index >= 15 is 0 Å². The lowest BCUT2D eigenvalue weighted by Crippen LogP contribution is -2.42. The van der Waals surface area contributed by atoms with Gasteiger partial charge in [-0.1, -0.05) is 0 Å². The smallest absolute Gasteiger partial charge is 0.220 e. The first kappa shape index (κ1) is 21.4. The van der Waals surface area contributed by atoms with E-state index in [-0.39, 0.29) is 11.8 Å². The third-order valence-electron chi connectivity index (χ3n) is 5.55. The van der Waals surface area contributed by atoms with Crippen LogP contribution in [0.2, 0.25) is 0 Å². The lowest BCUT2D eigenvalue weighted by Gasteiger charge is -2.30. The van der Waals surface area contributed by atoms with Crippen LogP contribution in [0.25, 0.3) is 0 Å². The number of nitrogens with zero attached hydrogens (tertiary/aromatic N) is 2. The lowest BCUT2D eigenvalue weighted by molar-refractivity contribution is -0.123. The molecule has 2 fully saturated rings. The first-order valence-electron chi connectivity index (χ1n) is 10.2. The molecule has 1 saturated heterocycles. The van der Waals surface area contributed by atoms with Crippen molar-refractivity contribution in [2.45, 2.75) is 63.2 Å². The summed E-state index contributed by atoms with van der Waals surface area (Å²) in [6.07, 6.45) is 10.1. The number of rotatable bonds is 9. The Morgan fingerprint density at radius 1 is 1.23 bits per heavy atom. The lowest BCUT2D eigenvalue weighted by atomic mass is 9.96.